The maximum atomic E-state index is 11.2. The lowest BCUT2D eigenvalue weighted by atomic mass is 9.87. The van der Waals surface area contributed by atoms with Crippen molar-refractivity contribution in [2.45, 2.75) is 31.4 Å². The van der Waals surface area contributed by atoms with Crippen LogP contribution in [0.4, 0.5) is 0 Å². The maximum absolute atomic E-state index is 11.2. The Kier molecular flexibility index (Phi) is 2.27. The van der Waals surface area contributed by atoms with Gasteiger partial charge in [-0.15, -0.1) is 0 Å². The van der Waals surface area contributed by atoms with E-state index in [2.05, 4.69) is 4.74 Å². The van der Waals surface area contributed by atoms with Crippen molar-refractivity contribution in [2.24, 2.45) is 5.92 Å². The second-order valence-corrected chi connectivity index (χ2v) is 4.48. The molecule has 0 aromatic carbocycles. The number of hydrogen-bond donors (Lipinski definition) is 1. The molecular weight excluding hydrogens is 182 g/mol. The monoisotopic (exact) mass is 199 g/mol. The summed E-state index contributed by atoms with van der Waals surface area (Å²) in [5.41, 5.74) is -0.512. The van der Waals surface area contributed by atoms with Crippen molar-refractivity contribution in [3.05, 3.63) is 0 Å². The molecule has 0 radical (unpaired) electrons. The van der Waals surface area contributed by atoms with Crippen LogP contribution in [-0.2, 0) is 9.53 Å². The molecule has 0 amide bonds. The number of esters is 1. The van der Waals surface area contributed by atoms with Gasteiger partial charge in [-0.25, -0.2) is 0 Å². The number of carbonyl (C=O) groups is 1. The van der Waals surface area contributed by atoms with Crippen molar-refractivity contribution in [3.8, 4) is 0 Å². The van der Waals surface area contributed by atoms with Crippen molar-refractivity contribution in [2.75, 3.05) is 20.2 Å². The van der Waals surface area contributed by atoms with Gasteiger partial charge in [-0.1, -0.05) is 0 Å². The van der Waals surface area contributed by atoms with Gasteiger partial charge in [-0.2, -0.15) is 0 Å². The molecule has 14 heavy (non-hydrogen) atoms. The highest BCUT2D eigenvalue weighted by Gasteiger charge is 2.53. The molecule has 1 saturated heterocycles. The van der Waals surface area contributed by atoms with E-state index in [-0.39, 0.29) is 12.0 Å². The third-order valence-electron chi connectivity index (χ3n) is 3.38. The number of likely N-dealkylation sites (tertiary alicyclic amines) is 1. The summed E-state index contributed by atoms with van der Waals surface area (Å²) in [5.74, 6) is 0.256. The average Bonchev–Trinajstić information content (AvgIpc) is 2.93. The summed E-state index contributed by atoms with van der Waals surface area (Å²) in [6.45, 7) is 3.06. The normalized spacial score (nSPS) is 27.9. The summed E-state index contributed by atoms with van der Waals surface area (Å²) in [7, 11) is 1.39. The van der Waals surface area contributed by atoms with E-state index in [1.165, 1.54) is 7.11 Å². The number of aliphatic hydroxyl groups is 1. The molecule has 0 aromatic rings. The van der Waals surface area contributed by atoms with Gasteiger partial charge >= 0.3 is 5.97 Å². The highest BCUT2D eigenvalue weighted by atomic mass is 16.5. The number of carbonyl (C=O) groups excluding carboxylic acids is 1. The molecule has 1 N–H and O–H groups in total. The first-order valence-electron chi connectivity index (χ1n) is 5.11. The van der Waals surface area contributed by atoms with Crippen LogP contribution in [0.25, 0.3) is 0 Å². The lowest BCUT2D eigenvalue weighted by Crippen LogP contribution is -2.66. The van der Waals surface area contributed by atoms with Gasteiger partial charge < -0.3 is 9.84 Å². The fraction of sp³-hybridized carbons (Fsp3) is 0.900. The van der Waals surface area contributed by atoms with Crippen LogP contribution < -0.4 is 0 Å². The molecule has 1 aliphatic heterocycles. The van der Waals surface area contributed by atoms with Gasteiger partial charge in [0.1, 0.15) is 6.04 Å². The topological polar surface area (TPSA) is 49.8 Å². The number of methoxy groups -OCH3 is 1. The molecule has 1 heterocycles. The summed E-state index contributed by atoms with van der Waals surface area (Å²) in [4.78, 5) is 13.2. The molecule has 1 unspecified atom stereocenters. The minimum atomic E-state index is -0.512. The van der Waals surface area contributed by atoms with Gasteiger partial charge in [0, 0.05) is 13.1 Å². The second kappa shape index (κ2) is 3.21. The van der Waals surface area contributed by atoms with E-state index in [9.17, 15) is 9.90 Å². The summed E-state index contributed by atoms with van der Waals surface area (Å²) in [5, 5.41) is 10.0. The predicted octanol–water partition coefficient (Wildman–Crippen LogP) is 0.00460. The van der Waals surface area contributed by atoms with Crippen LogP contribution >= 0.6 is 0 Å². The molecule has 1 atom stereocenters. The number of ether oxygens (including phenoxy) is 1. The molecule has 80 valence electrons. The quantitative estimate of drug-likeness (QED) is 0.650. The van der Waals surface area contributed by atoms with Crippen LogP contribution in [0.1, 0.15) is 19.8 Å². The molecule has 2 rings (SSSR count). The van der Waals surface area contributed by atoms with Crippen molar-refractivity contribution in [1.82, 2.24) is 4.90 Å². The molecule has 1 aliphatic carbocycles. The number of β-amino-alcohol motifs (C(OH)–C–C–N with tert-alkyl or cyclic N) is 1. The van der Waals surface area contributed by atoms with Crippen LogP contribution in [0.3, 0.4) is 0 Å². The summed E-state index contributed by atoms with van der Waals surface area (Å²) in [6, 6.07) is -0.223. The Hall–Kier alpha value is -0.610. The Morgan fingerprint density at radius 1 is 1.57 bits per heavy atom. The Morgan fingerprint density at radius 3 is 2.57 bits per heavy atom. The molecule has 0 spiro atoms. The zero-order valence-electron chi connectivity index (χ0n) is 8.69. The fourth-order valence-electron chi connectivity index (χ4n) is 2.13. The van der Waals surface area contributed by atoms with Gasteiger partial charge in [0.25, 0.3) is 0 Å². The van der Waals surface area contributed by atoms with Gasteiger partial charge in [0.05, 0.1) is 12.7 Å². The van der Waals surface area contributed by atoms with E-state index in [0.717, 1.165) is 12.8 Å². The average molecular weight is 199 g/mol. The van der Waals surface area contributed by atoms with Crippen LogP contribution in [-0.4, -0.2) is 47.8 Å². The third kappa shape index (κ3) is 1.53. The fourth-order valence-corrected chi connectivity index (χ4v) is 2.13. The lowest BCUT2D eigenvalue weighted by Gasteiger charge is -2.48. The van der Waals surface area contributed by atoms with E-state index in [0.29, 0.717) is 19.0 Å². The Labute approximate surface area is 83.8 Å². The third-order valence-corrected chi connectivity index (χ3v) is 3.38. The minimum Gasteiger partial charge on any atom is -0.468 e. The van der Waals surface area contributed by atoms with E-state index >= 15 is 0 Å². The molecule has 1 saturated carbocycles. The van der Waals surface area contributed by atoms with Crippen molar-refractivity contribution in [3.63, 3.8) is 0 Å². The highest BCUT2D eigenvalue weighted by Crippen LogP contribution is 2.44. The summed E-state index contributed by atoms with van der Waals surface area (Å²) >= 11 is 0. The minimum absolute atomic E-state index is 0.220. The van der Waals surface area contributed by atoms with Gasteiger partial charge in [0.2, 0.25) is 0 Å². The van der Waals surface area contributed by atoms with Crippen LogP contribution in [0.15, 0.2) is 0 Å². The first kappa shape index (κ1) is 9.93. The van der Waals surface area contributed by atoms with E-state index in [4.69, 9.17) is 0 Å². The molecular formula is C10H17NO3. The van der Waals surface area contributed by atoms with Crippen molar-refractivity contribution < 1.29 is 14.6 Å². The number of rotatable bonds is 3. The smallest absolute Gasteiger partial charge is 0.322 e. The van der Waals surface area contributed by atoms with Crippen LogP contribution in [0.5, 0.6) is 0 Å². The highest BCUT2D eigenvalue weighted by molar-refractivity contribution is 5.75. The first-order valence-corrected chi connectivity index (χ1v) is 5.11. The SMILES string of the molecule is COC(=O)C(C)N1CC(O)(C2CC2)C1. The lowest BCUT2D eigenvalue weighted by molar-refractivity contribution is -0.162. The Morgan fingerprint density at radius 2 is 2.14 bits per heavy atom. The molecule has 2 fully saturated rings. The first-order chi connectivity index (χ1) is 6.57. The van der Waals surface area contributed by atoms with E-state index in [1.54, 1.807) is 0 Å². The van der Waals surface area contributed by atoms with E-state index in [1.807, 2.05) is 11.8 Å². The zero-order valence-corrected chi connectivity index (χ0v) is 8.69. The maximum Gasteiger partial charge on any atom is 0.322 e. The molecule has 2 aliphatic rings. The van der Waals surface area contributed by atoms with Crippen molar-refractivity contribution in [1.29, 1.82) is 0 Å². The Bertz CT molecular complexity index is 244. The van der Waals surface area contributed by atoms with E-state index < -0.39 is 5.60 Å². The molecule has 4 heteroatoms. The summed E-state index contributed by atoms with van der Waals surface area (Å²) < 4.78 is 4.65. The largest absolute Gasteiger partial charge is 0.468 e. The molecule has 0 aromatic heterocycles. The van der Waals surface area contributed by atoms with Gasteiger partial charge in [-0.3, -0.25) is 9.69 Å². The Balaban J connectivity index is 1.84. The second-order valence-electron chi connectivity index (χ2n) is 4.48. The number of hydrogen-bond acceptors (Lipinski definition) is 4. The van der Waals surface area contributed by atoms with Gasteiger partial charge in [0.15, 0.2) is 0 Å². The van der Waals surface area contributed by atoms with Crippen molar-refractivity contribution >= 4 is 5.97 Å². The standard InChI is InChI=1S/C10H17NO3/c1-7(9(12)14-2)11-5-10(13,6-11)8-3-4-8/h7-8,13H,3-6H2,1-2H3. The van der Waals surface area contributed by atoms with Gasteiger partial charge in [-0.05, 0) is 25.7 Å². The molecule has 0 bridgehead atoms. The predicted molar refractivity (Wildman–Crippen MR) is 50.7 cm³/mol. The summed E-state index contributed by atoms with van der Waals surface area (Å²) in [6.07, 6.45) is 2.27. The van der Waals surface area contributed by atoms with Crippen LogP contribution in [0.2, 0.25) is 0 Å². The number of nitrogens with zero attached hydrogens (tertiary/aromatic N) is 1. The van der Waals surface area contributed by atoms with Crippen LogP contribution in [0, 0.1) is 5.92 Å². The molecule has 4 nitrogen and oxygen atoms in total. The zero-order chi connectivity index (χ0) is 10.3.